The minimum Gasteiger partial charge on any atom is -0.335 e. The summed E-state index contributed by atoms with van der Waals surface area (Å²) in [4.78, 5) is 16.1. The topological polar surface area (TPSA) is 54.0 Å². The Kier molecular flexibility index (Phi) is 4.31. The highest BCUT2D eigenvalue weighted by Gasteiger charge is 2.40. The summed E-state index contributed by atoms with van der Waals surface area (Å²) in [5.41, 5.74) is 2.36. The molecule has 0 spiro atoms. The van der Waals surface area contributed by atoms with Gasteiger partial charge in [0.1, 0.15) is 0 Å². The monoisotopic (exact) mass is 275 g/mol. The Hall–Kier alpha value is -1.58. The first-order valence-corrected chi connectivity index (χ1v) is 7.30. The Morgan fingerprint density at radius 1 is 1.45 bits per heavy atom. The van der Waals surface area contributed by atoms with Crippen molar-refractivity contribution in [3.63, 3.8) is 0 Å². The number of carbonyl (C=O) groups excluding carboxylic acids is 1. The normalized spacial score (nSPS) is 21.4. The summed E-state index contributed by atoms with van der Waals surface area (Å²) in [5.74, 6) is 0.640. The van der Waals surface area contributed by atoms with E-state index in [1.807, 2.05) is 19.1 Å². The first kappa shape index (κ1) is 14.8. The van der Waals surface area contributed by atoms with Crippen LogP contribution in [0.3, 0.4) is 0 Å². The van der Waals surface area contributed by atoms with Gasteiger partial charge in [0.05, 0.1) is 0 Å². The van der Waals surface area contributed by atoms with E-state index in [0.717, 1.165) is 17.7 Å². The lowest BCUT2D eigenvalue weighted by molar-refractivity contribution is 0.238. The van der Waals surface area contributed by atoms with Gasteiger partial charge in [-0.3, -0.25) is 4.98 Å². The first-order valence-electron chi connectivity index (χ1n) is 7.30. The summed E-state index contributed by atoms with van der Waals surface area (Å²) in [5, 5.41) is 5.95. The van der Waals surface area contributed by atoms with Crippen molar-refractivity contribution in [1.29, 1.82) is 0 Å². The molecule has 1 aromatic rings. The van der Waals surface area contributed by atoms with Gasteiger partial charge in [-0.1, -0.05) is 26.8 Å². The van der Waals surface area contributed by atoms with Crippen molar-refractivity contribution in [2.45, 2.75) is 53.1 Å². The molecule has 4 nitrogen and oxygen atoms in total. The fraction of sp³-hybridized carbons (Fsp3) is 0.625. The molecular weight excluding hydrogens is 250 g/mol. The molecule has 0 saturated heterocycles. The molecule has 1 saturated carbocycles. The lowest BCUT2D eigenvalue weighted by Gasteiger charge is -2.17. The number of pyridine rings is 1. The third-order valence-corrected chi connectivity index (χ3v) is 3.67. The van der Waals surface area contributed by atoms with Crippen molar-refractivity contribution in [2.75, 3.05) is 0 Å². The predicted molar refractivity (Wildman–Crippen MR) is 80.3 cm³/mol. The molecule has 1 aromatic heterocycles. The molecule has 4 heteroatoms. The molecule has 2 rings (SSSR count). The Bertz CT molecular complexity index is 479. The third kappa shape index (κ3) is 4.51. The van der Waals surface area contributed by atoms with Crippen molar-refractivity contribution in [3.05, 3.63) is 29.6 Å². The van der Waals surface area contributed by atoms with Crippen LogP contribution in [-0.2, 0) is 6.54 Å². The quantitative estimate of drug-likeness (QED) is 0.887. The predicted octanol–water partition coefficient (Wildman–Crippen LogP) is 3.01. The molecule has 1 heterocycles. The fourth-order valence-corrected chi connectivity index (χ4v) is 2.54. The van der Waals surface area contributed by atoms with Crippen molar-refractivity contribution < 1.29 is 4.79 Å². The molecule has 2 atom stereocenters. The van der Waals surface area contributed by atoms with E-state index in [4.69, 9.17) is 0 Å². The van der Waals surface area contributed by atoms with Crippen molar-refractivity contribution in [2.24, 2.45) is 11.3 Å². The molecule has 1 aliphatic rings. The number of aromatic nitrogens is 1. The van der Waals surface area contributed by atoms with Crippen LogP contribution in [0.15, 0.2) is 18.3 Å². The van der Waals surface area contributed by atoms with Crippen LogP contribution in [0.25, 0.3) is 0 Å². The lowest BCUT2D eigenvalue weighted by Crippen LogP contribution is -2.37. The average molecular weight is 275 g/mol. The number of aryl methyl sites for hydroxylation is 1. The van der Waals surface area contributed by atoms with E-state index < -0.39 is 0 Å². The van der Waals surface area contributed by atoms with E-state index in [2.05, 4.69) is 36.4 Å². The van der Waals surface area contributed by atoms with Gasteiger partial charge in [0.25, 0.3) is 0 Å². The van der Waals surface area contributed by atoms with Crippen LogP contribution in [0.1, 0.15) is 44.9 Å². The van der Waals surface area contributed by atoms with Crippen LogP contribution in [0, 0.1) is 18.3 Å². The van der Waals surface area contributed by atoms with Crippen molar-refractivity contribution in [3.8, 4) is 0 Å². The summed E-state index contributed by atoms with van der Waals surface area (Å²) in [6.07, 6.45) is 4.04. The van der Waals surface area contributed by atoms with E-state index >= 15 is 0 Å². The molecule has 2 N–H and O–H groups in total. The summed E-state index contributed by atoms with van der Waals surface area (Å²) in [6, 6.07) is 4.16. The average Bonchev–Trinajstić information content (AvgIpc) is 3.03. The molecule has 0 bridgehead atoms. The Labute approximate surface area is 121 Å². The zero-order chi connectivity index (χ0) is 14.8. The van der Waals surface area contributed by atoms with Crippen LogP contribution >= 0.6 is 0 Å². The maximum atomic E-state index is 11.8. The first-order chi connectivity index (χ1) is 9.35. The molecule has 0 aliphatic heterocycles. The van der Waals surface area contributed by atoms with Gasteiger partial charge in [-0.2, -0.15) is 0 Å². The summed E-state index contributed by atoms with van der Waals surface area (Å²) >= 11 is 0. The second kappa shape index (κ2) is 5.81. The molecule has 0 unspecified atom stereocenters. The molecule has 20 heavy (non-hydrogen) atoms. The number of nitrogens with one attached hydrogen (secondary N) is 2. The SMILES string of the molecule is Cc1ncccc1CNC(=O)N[C@H]1C[C@@H]1CC(C)(C)C. The maximum absolute atomic E-state index is 11.8. The van der Waals surface area contributed by atoms with Crippen LogP contribution in [0.5, 0.6) is 0 Å². The Morgan fingerprint density at radius 2 is 2.20 bits per heavy atom. The molecule has 2 amide bonds. The van der Waals surface area contributed by atoms with Gasteiger partial charge < -0.3 is 10.6 Å². The van der Waals surface area contributed by atoms with E-state index in [1.165, 1.54) is 6.42 Å². The van der Waals surface area contributed by atoms with Gasteiger partial charge in [0.15, 0.2) is 0 Å². The van der Waals surface area contributed by atoms with Crippen LogP contribution in [-0.4, -0.2) is 17.1 Å². The van der Waals surface area contributed by atoms with E-state index in [1.54, 1.807) is 6.20 Å². The van der Waals surface area contributed by atoms with Crippen molar-refractivity contribution >= 4 is 6.03 Å². The molecule has 1 aliphatic carbocycles. The molecule has 0 radical (unpaired) electrons. The summed E-state index contributed by atoms with van der Waals surface area (Å²) in [6.45, 7) is 9.21. The van der Waals surface area contributed by atoms with E-state index in [9.17, 15) is 4.79 Å². The van der Waals surface area contributed by atoms with Crippen LogP contribution in [0.2, 0.25) is 0 Å². The number of nitrogens with zero attached hydrogens (tertiary/aromatic N) is 1. The van der Waals surface area contributed by atoms with Gasteiger partial charge in [0, 0.05) is 24.5 Å². The fourth-order valence-electron chi connectivity index (χ4n) is 2.54. The van der Waals surface area contributed by atoms with Gasteiger partial charge in [-0.15, -0.1) is 0 Å². The minimum absolute atomic E-state index is 0.0744. The minimum atomic E-state index is -0.0744. The highest BCUT2D eigenvalue weighted by Crippen LogP contribution is 2.40. The second-order valence-corrected chi connectivity index (χ2v) is 6.94. The zero-order valence-corrected chi connectivity index (χ0v) is 12.9. The molecule has 0 aromatic carbocycles. The lowest BCUT2D eigenvalue weighted by atomic mass is 9.89. The largest absolute Gasteiger partial charge is 0.335 e. The summed E-state index contributed by atoms with van der Waals surface area (Å²) in [7, 11) is 0. The number of urea groups is 1. The number of amides is 2. The number of hydrogen-bond acceptors (Lipinski definition) is 2. The van der Waals surface area contributed by atoms with Gasteiger partial charge in [0.2, 0.25) is 0 Å². The number of hydrogen-bond donors (Lipinski definition) is 2. The second-order valence-electron chi connectivity index (χ2n) is 6.94. The molecule has 110 valence electrons. The third-order valence-electron chi connectivity index (χ3n) is 3.67. The highest BCUT2D eigenvalue weighted by molar-refractivity contribution is 5.74. The van der Waals surface area contributed by atoms with E-state index in [0.29, 0.717) is 23.9 Å². The highest BCUT2D eigenvalue weighted by atomic mass is 16.2. The number of carbonyl (C=O) groups is 1. The maximum Gasteiger partial charge on any atom is 0.315 e. The van der Waals surface area contributed by atoms with Crippen LogP contribution in [0.4, 0.5) is 4.79 Å². The van der Waals surface area contributed by atoms with E-state index in [-0.39, 0.29) is 6.03 Å². The van der Waals surface area contributed by atoms with Crippen molar-refractivity contribution in [1.82, 2.24) is 15.6 Å². The smallest absolute Gasteiger partial charge is 0.315 e. The van der Waals surface area contributed by atoms with Gasteiger partial charge >= 0.3 is 6.03 Å². The summed E-state index contributed by atoms with van der Waals surface area (Å²) < 4.78 is 0. The zero-order valence-electron chi connectivity index (χ0n) is 12.9. The molecular formula is C16H25N3O. The Morgan fingerprint density at radius 3 is 2.85 bits per heavy atom. The Balaban J connectivity index is 1.71. The van der Waals surface area contributed by atoms with Gasteiger partial charge in [-0.05, 0) is 42.7 Å². The standard InChI is InChI=1S/C16H25N3O/c1-11-12(6-5-7-17-11)10-18-15(20)19-14-8-13(14)9-16(2,3)4/h5-7,13-14H,8-10H2,1-4H3,(H2,18,19,20)/t13-,14+/m1/s1. The van der Waals surface area contributed by atoms with Crippen LogP contribution < -0.4 is 10.6 Å². The molecule has 1 fully saturated rings. The van der Waals surface area contributed by atoms with Gasteiger partial charge in [-0.25, -0.2) is 4.79 Å². The number of rotatable bonds is 4.